The van der Waals surface area contributed by atoms with Gasteiger partial charge in [0.05, 0.1) is 36.3 Å². The van der Waals surface area contributed by atoms with Crippen LogP contribution in [0, 0.1) is 0 Å². The molecule has 0 spiro atoms. The van der Waals surface area contributed by atoms with Gasteiger partial charge in [-0.25, -0.2) is 23.4 Å². The van der Waals surface area contributed by atoms with E-state index in [0.29, 0.717) is 23.5 Å². The number of aromatic nitrogens is 3. The highest BCUT2D eigenvalue weighted by Gasteiger charge is 2.37. The number of carbonyl (C=O) groups is 1. The lowest BCUT2D eigenvalue weighted by molar-refractivity contribution is 0.0958. The topological polar surface area (TPSA) is 137 Å². The molecule has 1 fully saturated rings. The summed E-state index contributed by atoms with van der Waals surface area (Å²) in [7, 11) is -2.05. The molecule has 2 atom stereocenters. The Morgan fingerprint density at radius 2 is 2.10 bits per heavy atom. The lowest BCUT2D eigenvalue weighted by Gasteiger charge is -2.40. The summed E-state index contributed by atoms with van der Waals surface area (Å²) in [5.74, 6) is -0.379. The number of rotatable bonds is 5. The van der Waals surface area contributed by atoms with Crippen LogP contribution in [0.25, 0.3) is 11.4 Å². The van der Waals surface area contributed by atoms with Crippen LogP contribution in [0.4, 0.5) is 0 Å². The number of piperazine rings is 1. The number of halogens is 1. The number of aliphatic hydroxyl groups is 1. The number of hydrogen-bond acceptors (Lipinski definition) is 8. The van der Waals surface area contributed by atoms with Crippen molar-refractivity contribution in [3.8, 4) is 11.4 Å². The Hall–Kier alpha value is -2.18. The molecule has 2 aromatic rings. The first kappa shape index (κ1) is 21.5. The summed E-state index contributed by atoms with van der Waals surface area (Å²) >= 11 is 6.22. The van der Waals surface area contributed by atoms with E-state index in [2.05, 4.69) is 25.6 Å². The molecule has 156 valence electrons. The number of pyridine rings is 1. The lowest BCUT2D eigenvalue weighted by Crippen LogP contribution is -2.55. The third-order valence-corrected chi connectivity index (χ3v) is 6.06. The fourth-order valence-electron chi connectivity index (χ4n) is 3.31. The summed E-state index contributed by atoms with van der Waals surface area (Å²) in [4.78, 5) is 24.2. The highest BCUT2D eigenvalue weighted by atomic mass is 35.5. The van der Waals surface area contributed by atoms with Crippen LogP contribution < -0.4 is 10.6 Å². The Morgan fingerprint density at radius 1 is 1.34 bits per heavy atom. The summed E-state index contributed by atoms with van der Waals surface area (Å²) in [6, 6.07) is 3.49. The summed E-state index contributed by atoms with van der Waals surface area (Å²) < 4.78 is 26.0. The maximum Gasteiger partial charge on any atom is 0.269 e. The number of aliphatic hydroxyl groups excluding tert-OH is 1. The fourth-order valence-corrected chi connectivity index (χ4v) is 4.64. The molecule has 10 nitrogen and oxygen atoms in total. The van der Waals surface area contributed by atoms with E-state index < -0.39 is 22.1 Å². The molecule has 1 aliphatic heterocycles. The number of nitrogens with zero attached hydrogens (tertiary/aromatic N) is 4. The van der Waals surface area contributed by atoms with Crippen molar-refractivity contribution in [2.45, 2.75) is 12.1 Å². The molecule has 0 bridgehead atoms. The molecular weight excluding hydrogens is 420 g/mol. The molecule has 3 rings (SSSR count). The van der Waals surface area contributed by atoms with E-state index >= 15 is 0 Å². The van der Waals surface area contributed by atoms with Crippen molar-refractivity contribution in [2.24, 2.45) is 0 Å². The monoisotopic (exact) mass is 440 g/mol. The van der Waals surface area contributed by atoms with Crippen molar-refractivity contribution in [2.75, 3.05) is 33.0 Å². The zero-order valence-electron chi connectivity index (χ0n) is 15.8. The molecule has 0 unspecified atom stereocenters. The molecular formula is C17H21ClN6O4S. The highest BCUT2D eigenvalue weighted by molar-refractivity contribution is 7.88. The van der Waals surface area contributed by atoms with E-state index in [1.54, 1.807) is 12.1 Å². The lowest BCUT2D eigenvalue weighted by atomic mass is 9.97. The van der Waals surface area contributed by atoms with Gasteiger partial charge in [-0.2, -0.15) is 4.31 Å². The average Bonchev–Trinajstić information content (AvgIpc) is 2.71. The predicted molar refractivity (Wildman–Crippen MR) is 107 cm³/mol. The number of nitrogens with one attached hydrogen (secondary N) is 2. The molecule has 12 heteroatoms. The second kappa shape index (κ2) is 8.67. The van der Waals surface area contributed by atoms with Crippen LogP contribution in [0.15, 0.2) is 24.5 Å². The summed E-state index contributed by atoms with van der Waals surface area (Å²) in [5, 5.41) is 15.5. The highest BCUT2D eigenvalue weighted by Crippen LogP contribution is 2.32. The molecule has 1 amide bonds. The average molecular weight is 441 g/mol. The SMILES string of the molecule is CNC(=O)c1cc(-c2cc([C@H]3[C@H](CO)NCCN3S(C)(=O)=O)cc(Cl)n2)ncn1. The Balaban J connectivity index is 2.09. The minimum absolute atomic E-state index is 0.133. The minimum Gasteiger partial charge on any atom is -0.395 e. The van der Waals surface area contributed by atoms with Gasteiger partial charge in [-0.15, -0.1) is 0 Å². The number of amides is 1. The zero-order chi connectivity index (χ0) is 21.2. The molecule has 0 saturated carbocycles. The predicted octanol–water partition coefficient (Wildman–Crippen LogP) is -0.182. The summed E-state index contributed by atoms with van der Waals surface area (Å²) in [5.41, 5.74) is 1.43. The first-order chi connectivity index (χ1) is 13.7. The van der Waals surface area contributed by atoms with Gasteiger partial charge in [-0.05, 0) is 23.8 Å². The number of hydrogen-bond donors (Lipinski definition) is 3. The van der Waals surface area contributed by atoms with E-state index in [1.165, 1.54) is 23.7 Å². The van der Waals surface area contributed by atoms with Crippen LogP contribution in [0.1, 0.15) is 22.1 Å². The van der Waals surface area contributed by atoms with Gasteiger partial charge in [0.25, 0.3) is 5.91 Å². The van der Waals surface area contributed by atoms with Gasteiger partial charge in [0.1, 0.15) is 17.2 Å². The van der Waals surface area contributed by atoms with Crippen LogP contribution >= 0.6 is 11.6 Å². The van der Waals surface area contributed by atoms with Crippen molar-refractivity contribution >= 4 is 27.5 Å². The Morgan fingerprint density at radius 3 is 2.76 bits per heavy atom. The standard InChI is InChI=1S/C17H21ClN6O4S/c1-19-17(26)13-7-11(21-9-22-13)12-5-10(6-15(18)23-12)16-14(8-25)20-3-4-24(16)29(2,27)28/h5-7,9,14,16,20,25H,3-4,8H2,1-2H3,(H,19,26)/t14-,16-/m0/s1. The van der Waals surface area contributed by atoms with Gasteiger partial charge in [0.2, 0.25) is 10.0 Å². The molecule has 0 aromatic carbocycles. The molecule has 3 heterocycles. The number of carbonyl (C=O) groups excluding carboxylic acids is 1. The smallest absolute Gasteiger partial charge is 0.269 e. The third-order valence-electron chi connectivity index (χ3n) is 4.60. The van der Waals surface area contributed by atoms with Crippen LogP contribution in [0.5, 0.6) is 0 Å². The Bertz CT molecular complexity index is 1020. The second-order valence-electron chi connectivity index (χ2n) is 6.54. The van der Waals surface area contributed by atoms with Crippen molar-refractivity contribution in [1.29, 1.82) is 0 Å². The molecule has 29 heavy (non-hydrogen) atoms. The zero-order valence-corrected chi connectivity index (χ0v) is 17.4. The van der Waals surface area contributed by atoms with Crippen molar-refractivity contribution in [3.63, 3.8) is 0 Å². The molecule has 0 aliphatic carbocycles. The largest absolute Gasteiger partial charge is 0.395 e. The van der Waals surface area contributed by atoms with Gasteiger partial charge in [-0.1, -0.05) is 11.6 Å². The maximum atomic E-state index is 12.3. The van der Waals surface area contributed by atoms with Crippen LogP contribution in [-0.4, -0.2) is 77.7 Å². The summed E-state index contributed by atoms with van der Waals surface area (Å²) in [6.45, 7) is 0.408. The van der Waals surface area contributed by atoms with Gasteiger partial charge < -0.3 is 15.7 Å². The summed E-state index contributed by atoms with van der Waals surface area (Å²) in [6.07, 6.45) is 2.37. The van der Waals surface area contributed by atoms with Gasteiger partial charge in [0, 0.05) is 20.1 Å². The second-order valence-corrected chi connectivity index (χ2v) is 8.86. The van der Waals surface area contributed by atoms with Crippen LogP contribution in [0.2, 0.25) is 5.15 Å². The van der Waals surface area contributed by atoms with Crippen molar-refractivity contribution in [1.82, 2.24) is 29.9 Å². The van der Waals surface area contributed by atoms with Crippen molar-refractivity contribution < 1.29 is 18.3 Å². The van der Waals surface area contributed by atoms with E-state index in [0.717, 1.165) is 6.26 Å². The Kier molecular flexibility index (Phi) is 6.44. The van der Waals surface area contributed by atoms with Gasteiger partial charge in [-0.3, -0.25) is 4.79 Å². The Labute approximate surface area is 173 Å². The van der Waals surface area contributed by atoms with Gasteiger partial charge >= 0.3 is 0 Å². The maximum absolute atomic E-state index is 12.3. The van der Waals surface area contributed by atoms with Crippen LogP contribution in [-0.2, 0) is 10.0 Å². The van der Waals surface area contributed by atoms with Crippen molar-refractivity contribution in [3.05, 3.63) is 40.9 Å². The van der Waals surface area contributed by atoms with E-state index in [9.17, 15) is 18.3 Å². The minimum atomic E-state index is -3.54. The fraction of sp³-hybridized carbons (Fsp3) is 0.412. The van der Waals surface area contributed by atoms with E-state index in [1.807, 2.05) is 0 Å². The quantitative estimate of drug-likeness (QED) is 0.544. The first-order valence-corrected chi connectivity index (χ1v) is 11.0. The van der Waals surface area contributed by atoms with E-state index in [-0.39, 0.29) is 29.9 Å². The third kappa shape index (κ3) is 4.70. The van der Waals surface area contributed by atoms with E-state index in [4.69, 9.17) is 11.6 Å². The molecule has 1 aliphatic rings. The first-order valence-electron chi connectivity index (χ1n) is 8.77. The molecule has 1 saturated heterocycles. The number of sulfonamides is 1. The molecule has 0 radical (unpaired) electrons. The van der Waals surface area contributed by atoms with Crippen LogP contribution in [0.3, 0.4) is 0 Å². The normalized spacial score (nSPS) is 20.4. The molecule has 3 N–H and O–H groups in total. The molecule has 2 aromatic heterocycles. The van der Waals surface area contributed by atoms with Gasteiger partial charge in [0.15, 0.2) is 0 Å².